The molecule has 3 rings (SSSR count). The molecule has 0 spiro atoms. The van der Waals surface area contributed by atoms with Crippen LogP contribution in [-0.4, -0.2) is 67.4 Å². The van der Waals surface area contributed by atoms with E-state index in [1.807, 2.05) is 24.3 Å². The second kappa shape index (κ2) is 8.21. The summed E-state index contributed by atoms with van der Waals surface area (Å²) >= 11 is 0. The van der Waals surface area contributed by atoms with E-state index < -0.39 is 0 Å². The number of methoxy groups -OCH3 is 1. The number of benzene rings is 1. The molecule has 1 aromatic rings. The number of rotatable bonds is 5. The SMILES string of the molecule is COc1ccc(CCN2C[C@H](C(=O)N3CCNC(=O)C3)CCC2=O)cc1. The van der Waals surface area contributed by atoms with E-state index in [-0.39, 0.29) is 30.2 Å². The van der Waals surface area contributed by atoms with E-state index in [1.54, 1.807) is 16.9 Å². The third-order valence-corrected chi connectivity index (χ3v) is 5.03. The summed E-state index contributed by atoms with van der Waals surface area (Å²) in [5.41, 5.74) is 1.12. The number of piperazine rings is 1. The van der Waals surface area contributed by atoms with Gasteiger partial charge in [-0.25, -0.2) is 0 Å². The minimum atomic E-state index is -0.213. The number of piperidine rings is 1. The van der Waals surface area contributed by atoms with E-state index in [0.717, 1.165) is 17.7 Å². The van der Waals surface area contributed by atoms with Crippen molar-refractivity contribution in [1.82, 2.24) is 15.1 Å². The van der Waals surface area contributed by atoms with Gasteiger partial charge in [-0.15, -0.1) is 0 Å². The van der Waals surface area contributed by atoms with Crippen LogP contribution in [0.3, 0.4) is 0 Å². The second-order valence-corrected chi connectivity index (χ2v) is 6.78. The highest BCUT2D eigenvalue weighted by Crippen LogP contribution is 2.21. The molecular formula is C19H25N3O4. The Balaban J connectivity index is 1.56. The number of ether oxygens (including phenoxy) is 1. The minimum Gasteiger partial charge on any atom is -0.497 e. The maximum absolute atomic E-state index is 12.7. The van der Waals surface area contributed by atoms with Crippen molar-refractivity contribution in [3.8, 4) is 5.75 Å². The first-order valence-corrected chi connectivity index (χ1v) is 9.03. The van der Waals surface area contributed by atoms with Gasteiger partial charge in [-0.3, -0.25) is 14.4 Å². The van der Waals surface area contributed by atoms with Crippen LogP contribution in [-0.2, 0) is 20.8 Å². The molecule has 0 aromatic heterocycles. The lowest BCUT2D eigenvalue weighted by atomic mass is 9.95. The average molecular weight is 359 g/mol. The molecule has 2 fully saturated rings. The van der Waals surface area contributed by atoms with Crippen molar-refractivity contribution in [2.24, 2.45) is 5.92 Å². The molecule has 1 N–H and O–H groups in total. The molecule has 0 radical (unpaired) electrons. The lowest BCUT2D eigenvalue weighted by Crippen LogP contribution is -2.54. The van der Waals surface area contributed by atoms with Gasteiger partial charge in [0.25, 0.3) is 0 Å². The Morgan fingerprint density at radius 2 is 2.04 bits per heavy atom. The quantitative estimate of drug-likeness (QED) is 0.827. The third kappa shape index (κ3) is 4.33. The van der Waals surface area contributed by atoms with Crippen LogP contribution >= 0.6 is 0 Å². The summed E-state index contributed by atoms with van der Waals surface area (Å²) in [5.74, 6) is 0.557. The Bertz CT molecular complexity index is 674. The van der Waals surface area contributed by atoms with Gasteiger partial charge in [-0.1, -0.05) is 12.1 Å². The van der Waals surface area contributed by atoms with Crippen LogP contribution in [0.1, 0.15) is 18.4 Å². The highest BCUT2D eigenvalue weighted by atomic mass is 16.5. The lowest BCUT2D eigenvalue weighted by molar-refractivity contribution is -0.146. The number of nitrogens with one attached hydrogen (secondary N) is 1. The molecular weight excluding hydrogens is 334 g/mol. The van der Waals surface area contributed by atoms with Crippen molar-refractivity contribution in [3.63, 3.8) is 0 Å². The fraction of sp³-hybridized carbons (Fsp3) is 0.526. The number of likely N-dealkylation sites (tertiary alicyclic amines) is 1. The Labute approximate surface area is 153 Å². The standard InChI is InChI=1S/C19H25N3O4/c1-26-16-5-2-14(3-6-16)8-10-21-12-15(4-7-18(21)24)19(25)22-11-9-20-17(23)13-22/h2-3,5-6,15H,4,7-13H2,1H3,(H,20,23)/t15-/m1/s1. The lowest BCUT2D eigenvalue weighted by Gasteiger charge is -2.36. The van der Waals surface area contributed by atoms with Crippen LogP contribution in [0.25, 0.3) is 0 Å². The number of hydrogen-bond acceptors (Lipinski definition) is 4. The van der Waals surface area contributed by atoms with Gasteiger partial charge >= 0.3 is 0 Å². The van der Waals surface area contributed by atoms with Crippen molar-refractivity contribution < 1.29 is 19.1 Å². The van der Waals surface area contributed by atoms with Crippen molar-refractivity contribution >= 4 is 17.7 Å². The summed E-state index contributed by atoms with van der Waals surface area (Å²) in [6, 6.07) is 7.78. The summed E-state index contributed by atoms with van der Waals surface area (Å²) in [6.45, 7) is 2.19. The van der Waals surface area contributed by atoms with Gasteiger partial charge in [-0.05, 0) is 30.5 Å². The smallest absolute Gasteiger partial charge is 0.239 e. The molecule has 0 unspecified atom stereocenters. The predicted octanol–water partition coefficient (Wildman–Crippen LogP) is 0.435. The van der Waals surface area contributed by atoms with Crippen LogP contribution in [0, 0.1) is 5.92 Å². The van der Waals surface area contributed by atoms with Crippen molar-refractivity contribution in [2.75, 3.05) is 39.8 Å². The zero-order chi connectivity index (χ0) is 18.5. The molecule has 2 heterocycles. The molecule has 0 bridgehead atoms. The topological polar surface area (TPSA) is 79.0 Å². The molecule has 0 saturated carbocycles. The van der Waals surface area contributed by atoms with Crippen molar-refractivity contribution in [3.05, 3.63) is 29.8 Å². The van der Waals surface area contributed by atoms with Gasteiger partial charge in [0.1, 0.15) is 5.75 Å². The fourth-order valence-corrected chi connectivity index (χ4v) is 3.47. The van der Waals surface area contributed by atoms with Gasteiger partial charge in [0.2, 0.25) is 17.7 Å². The first-order chi connectivity index (χ1) is 12.6. The molecule has 7 heteroatoms. The molecule has 7 nitrogen and oxygen atoms in total. The van der Waals surface area contributed by atoms with Crippen molar-refractivity contribution in [2.45, 2.75) is 19.3 Å². The monoisotopic (exact) mass is 359 g/mol. The first-order valence-electron chi connectivity index (χ1n) is 9.03. The molecule has 1 aromatic carbocycles. The van der Waals surface area contributed by atoms with E-state index in [2.05, 4.69) is 5.32 Å². The Hall–Kier alpha value is -2.57. The summed E-state index contributed by atoms with van der Waals surface area (Å²) in [4.78, 5) is 39.8. The second-order valence-electron chi connectivity index (χ2n) is 6.78. The Kier molecular flexibility index (Phi) is 5.75. The van der Waals surface area contributed by atoms with Gasteiger partial charge in [0, 0.05) is 32.6 Å². The maximum Gasteiger partial charge on any atom is 0.239 e. The van der Waals surface area contributed by atoms with E-state index in [4.69, 9.17) is 4.74 Å². The number of nitrogens with zero attached hydrogens (tertiary/aromatic N) is 2. The van der Waals surface area contributed by atoms with Crippen LogP contribution in [0.15, 0.2) is 24.3 Å². The van der Waals surface area contributed by atoms with Gasteiger partial charge in [0.05, 0.1) is 19.6 Å². The van der Waals surface area contributed by atoms with E-state index >= 15 is 0 Å². The maximum atomic E-state index is 12.7. The Morgan fingerprint density at radius 1 is 1.27 bits per heavy atom. The van der Waals surface area contributed by atoms with E-state index in [1.165, 1.54) is 0 Å². The number of amides is 3. The average Bonchev–Trinajstić information content (AvgIpc) is 2.67. The van der Waals surface area contributed by atoms with Gasteiger partial charge < -0.3 is 19.9 Å². The zero-order valence-corrected chi connectivity index (χ0v) is 15.1. The van der Waals surface area contributed by atoms with Crippen molar-refractivity contribution in [1.29, 1.82) is 0 Å². The highest BCUT2D eigenvalue weighted by Gasteiger charge is 2.33. The van der Waals surface area contributed by atoms with Gasteiger partial charge in [0.15, 0.2) is 0 Å². The highest BCUT2D eigenvalue weighted by molar-refractivity contribution is 5.88. The van der Waals surface area contributed by atoms with Crippen LogP contribution in [0.2, 0.25) is 0 Å². The Morgan fingerprint density at radius 3 is 2.73 bits per heavy atom. The van der Waals surface area contributed by atoms with E-state index in [0.29, 0.717) is 39.0 Å². The van der Waals surface area contributed by atoms with E-state index in [9.17, 15) is 14.4 Å². The number of carbonyl (C=O) groups is 3. The molecule has 140 valence electrons. The van der Waals surface area contributed by atoms with Crippen LogP contribution in [0.4, 0.5) is 0 Å². The number of carbonyl (C=O) groups excluding carboxylic acids is 3. The molecule has 1 atom stereocenters. The predicted molar refractivity (Wildman–Crippen MR) is 95.6 cm³/mol. The van der Waals surface area contributed by atoms with Crippen LogP contribution in [0.5, 0.6) is 5.75 Å². The normalized spacial score (nSPS) is 20.7. The summed E-state index contributed by atoms with van der Waals surface area (Å²) in [5, 5.41) is 2.73. The first kappa shape index (κ1) is 18.2. The molecule has 3 amide bonds. The summed E-state index contributed by atoms with van der Waals surface area (Å²) < 4.78 is 5.15. The minimum absolute atomic E-state index is 0.0122. The molecule has 2 aliphatic heterocycles. The zero-order valence-electron chi connectivity index (χ0n) is 15.1. The number of hydrogen-bond donors (Lipinski definition) is 1. The molecule has 26 heavy (non-hydrogen) atoms. The van der Waals surface area contributed by atoms with Gasteiger partial charge in [-0.2, -0.15) is 0 Å². The molecule has 2 aliphatic rings. The fourth-order valence-electron chi connectivity index (χ4n) is 3.47. The largest absolute Gasteiger partial charge is 0.497 e. The molecule has 2 saturated heterocycles. The third-order valence-electron chi connectivity index (χ3n) is 5.03. The molecule has 0 aliphatic carbocycles. The summed E-state index contributed by atoms with van der Waals surface area (Å²) in [7, 11) is 1.63. The van der Waals surface area contributed by atoms with Crippen LogP contribution < -0.4 is 10.1 Å². The summed E-state index contributed by atoms with van der Waals surface area (Å²) in [6.07, 6.45) is 1.69.